The molecule has 0 atom stereocenters. The van der Waals surface area contributed by atoms with Crippen molar-refractivity contribution in [3.63, 3.8) is 0 Å². The average Bonchev–Trinajstić information content (AvgIpc) is 2.84. The molecule has 0 spiro atoms. The van der Waals surface area contributed by atoms with Crippen molar-refractivity contribution < 1.29 is 14.4 Å². The zero-order valence-electron chi connectivity index (χ0n) is 12.3. The molecule has 2 rings (SSSR count). The van der Waals surface area contributed by atoms with Gasteiger partial charge in [0, 0.05) is 6.54 Å². The first-order valence-electron chi connectivity index (χ1n) is 6.82. The number of fused-ring (bicyclic) bond motifs is 1. The highest BCUT2D eigenvalue weighted by atomic mass is 16.5. The van der Waals surface area contributed by atoms with Gasteiger partial charge in [0.05, 0.1) is 11.9 Å². The van der Waals surface area contributed by atoms with Gasteiger partial charge in [-0.2, -0.15) is 5.10 Å². The lowest BCUT2D eigenvalue weighted by atomic mass is 10.2. The summed E-state index contributed by atoms with van der Waals surface area (Å²) in [4.78, 5) is 25.7. The first-order valence-corrected chi connectivity index (χ1v) is 6.82. The van der Waals surface area contributed by atoms with E-state index < -0.39 is 11.5 Å². The van der Waals surface area contributed by atoms with E-state index in [1.165, 1.54) is 0 Å². The largest absolute Gasteiger partial charge is 0.476 e. The highest BCUT2D eigenvalue weighted by Gasteiger charge is 2.21. The fourth-order valence-electron chi connectivity index (χ4n) is 2.21. The second kappa shape index (κ2) is 6.04. The lowest BCUT2D eigenvalue weighted by Crippen LogP contribution is -2.33. The molecule has 0 radical (unpaired) electrons. The zero-order chi connectivity index (χ0) is 15.6. The van der Waals surface area contributed by atoms with Gasteiger partial charge in [-0.25, -0.2) is 9.48 Å². The summed E-state index contributed by atoms with van der Waals surface area (Å²) in [7, 11) is 0. The Morgan fingerprint density at radius 1 is 1.38 bits per heavy atom. The minimum absolute atomic E-state index is 0.0134. The number of rotatable bonds is 6. The molecule has 8 nitrogen and oxygen atoms in total. The molecule has 2 aromatic rings. The van der Waals surface area contributed by atoms with E-state index in [4.69, 9.17) is 4.52 Å². The Bertz CT molecular complexity index is 715. The third-order valence-corrected chi connectivity index (χ3v) is 3.48. The van der Waals surface area contributed by atoms with Crippen molar-refractivity contribution in [3.8, 4) is 0 Å². The Kier molecular flexibility index (Phi) is 4.37. The van der Waals surface area contributed by atoms with Crippen molar-refractivity contribution >= 4 is 16.9 Å². The van der Waals surface area contributed by atoms with Crippen molar-refractivity contribution in [2.24, 2.45) is 0 Å². The molecule has 0 saturated heterocycles. The van der Waals surface area contributed by atoms with Crippen molar-refractivity contribution in [1.29, 1.82) is 0 Å². The van der Waals surface area contributed by atoms with Gasteiger partial charge in [-0.3, -0.25) is 4.79 Å². The molecule has 0 amide bonds. The van der Waals surface area contributed by atoms with Crippen LogP contribution < -0.4 is 5.56 Å². The Morgan fingerprint density at radius 2 is 2.05 bits per heavy atom. The molecule has 1 N–H and O–H groups in total. The maximum Gasteiger partial charge on any atom is 0.357 e. The lowest BCUT2D eigenvalue weighted by Gasteiger charge is -2.18. The van der Waals surface area contributed by atoms with Gasteiger partial charge in [-0.1, -0.05) is 19.0 Å². The molecule has 21 heavy (non-hydrogen) atoms. The van der Waals surface area contributed by atoms with Crippen LogP contribution >= 0.6 is 0 Å². The van der Waals surface area contributed by atoms with Crippen LogP contribution in [0.2, 0.25) is 0 Å². The van der Waals surface area contributed by atoms with Gasteiger partial charge in [-0.05, 0) is 20.0 Å². The predicted molar refractivity (Wildman–Crippen MR) is 75.5 cm³/mol. The number of carboxylic acid groups (broad SMARTS) is 1. The van der Waals surface area contributed by atoms with E-state index in [0.717, 1.165) is 17.8 Å². The van der Waals surface area contributed by atoms with Crippen LogP contribution in [0.15, 0.2) is 9.32 Å². The van der Waals surface area contributed by atoms with Gasteiger partial charge in [0.2, 0.25) is 0 Å². The van der Waals surface area contributed by atoms with Crippen molar-refractivity contribution in [2.75, 3.05) is 19.6 Å². The molecule has 0 aliphatic carbocycles. The number of aromatic carboxylic acids is 1. The van der Waals surface area contributed by atoms with E-state index in [-0.39, 0.29) is 22.4 Å². The minimum atomic E-state index is -1.21. The second-order valence-electron chi connectivity index (χ2n) is 4.67. The number of aryl methyl sites for hydroxylation is 1. The third-order valence-electron chi connectivity index (χ3n) is 3.48. The Hall–Kier alpha value is -2.22. The van der Waals surface area contributed by atoms with Crippen LogP contribution in [-0.2, 0) is 6.54 Å². The molecule has 0 saturated carbocycles. The molecule has 8 heteroatoms. The maximum atomic E-state index is 12.3. The van der Waals surface area contributed by atoms with E-state index in [1.807, 2.05) is 13.8 Å². The van der Waals surface area contributed by atoms with Gasteiger partial charge >= 0.3 is 5.97 Å². The molecule has 0 aliphatic heterocycles. The van der Waals surface area contributed by atoms with Crippen LogP contribution in [0.5, 0.6) is 0 Å². The van der Waals surface area contributed by atoms with Crippen LogP contribution in [0.3, 0.4) is 0 Å². The molecular weight excluding hydrogens is 276 g/mol. The molecule has 2 aromatic heterocycles. The SMILES string of the molecule is CCN(CC)CCn1nc(C(=O)O)c2c(C)onc2c1=O. The van der Waals surface area contributed by atoms with Crippen molar-refractivity contribution in [2.45, 2.75) is 27.3 Å². The summed E-state index contributed by atoms with van der Waals surface area (Å²) in [6.45, 7) is 8.22. The number of nitrogens with zero attached hydrogens (tertiary/aromatic N) is 4. The quantitative estimate of drug-likeness (QED) is 0.838. The van der Waals surface area contributed by atoms with E-state index in [9.17, 15) is 14.7 Å². The van der Waals surface area contributed by atoms with Crippen LogP contribution in [0.25, 0.3) is 10.9 Å². The molecule has 0 bridgehead atoms. The molecule has 114 valence electrons. The van der Waals surface area contributed by atoms with Gasteiger partial charge in [-0.15, -0.1) is 0 Å². The molecule has 0 unspecified atom stereocenters. The number of aromatic nitrogens is 3. The van der Waals surface area contributed by atoms with Gasteiger partial charge in [0.15, 0.2) is 11.2 Å². The average molecular weight is 294 g/mol. The van der Waals surface area contributed by atoms with Crippen LogP contribution in [0.4, 0.5) is 0 Å². The summed E-state index contributed by atoms with van der Waals surface area (Å²) >= 11 is 0. The van der Waals surface area contributed by atoms with Crippen molar-refractivity contribution in [3.05, 3.63) is 21.8 Å². The number of likely N-dealkylation sites (N-methyl/N-ethyl adjacent to an activating group) is 1. The van der Waals surface area contributed by atoms with E-state index in [0.29, 0.717) is 13.1 Å². The normalized spacial score (nSPS) is 11.4. The summed E-state index contributed by atoms with van der Waals surface area (Å²) in [5.41, 5.74) is -0.624. The lowest BCUT2D eigenvalue weighted by molar-refractivity contribution is 0.0689. The molecule has 2 heterocycles. The predicted octanol–water partition coefficient (Wildman–Crippen LogP) is 0.733. The van der Waals surface area contributed by atoms with Gasteiger partial charge in [0.25, 0.3) is 5.56 Å². The highest BCUT2D eigenvalue weighted by Crippen LogP contribution is 2.17. The summed E-state index contributed by atoms with van der Waals surface area (Å²) < 4.78 is 6.08. The zero-order valence-corrected chi connectivity index (χ0v) is 12.3. The van der Waals surface area contributed by atoms with E-state index in [2.05, 4.69) is 15.2 Å². The van der Waals surface area contributed by atoms with E-state index >= 15 is 0 Å². The molecular formula is C13H18N4O4. The first kappa shape index (κ1) is 15.2. The molecule has 0 aliphatic rings. The summed E-state index contributed by atoms with van der Waals surface area (Å²) in [6, 6.07) is 0. The van der Waals surface area contributed by atoms with Crippen molar-refractivity contribution in [1.82, 2.24) is 19.8 Å². The summed E-state index contributed by atoms with van der Waals surface area (Å²) in [5.74, 6) is -0.925. The van der Waals surface area contributed by atoms with E-state index in [1.54, 1.807) is 6.92 Å². The minimum Gasteiger partial charge on any atom is -0.476 e. The Labute approximate surface area is 120 Å². The van der Waals surface area contributed by atoms with Gasteiger partial charge < -0.3 is 14.5 Å². The Morgan fingerprint density at radius 3 is 2.62 bits per heavy atom. The standard InChI is InChI=1S/C13H18N4O4/c1-4-16(5-2)6-7-17-12(18)10-9(8(3)21-15-10)11(14-17)13(19)20/h4-7H2,1-3H3,(H,19,20). The highest BCUT2D eigenvalue weighted by molar-refractivity contribution is 6.00. The molecule has 0 aromatic carbocycles. The van der Waals surface area contributed by atoms with Gasteiger partial charge in [0.1, 0.15) is 5.76 Å². The monoisotopic (exact) mass is 294 g/mol. The molecule has 0 fully saturated rings. The van der Waals surface area contributed by atoms with Crippen LogP contribution in [0, 0.1) is 6.92 Å². The summed E-state index contributed by atoms with van der Waals surface area (Å²) in [5, 5.41) is 17.0. The Balaban J connectivity index is 2.48. The number of hydrogen-bond acceptors (Lipinski definition) is 6. The first-order chi connectivity index (χ1) is 9.99. The maximum absolute atomic E-state index is 12.3. The fourth-order valence-corrected chi connectivity index (χ4v) is 2.21. The van der Waals surface area contributed by atoms with Crippen LogP contribution in [-0.4, -0.2) is 50.5 Å². The number of carbonyl (C=O) groups is 1. The second-order valence-corrected chi connectivity index (χ2v) is 4.67. The van der Waals surface area contributed by atoms with Crippen LogP contribution in [0.1, 0.15) is 30.1 Å². The number of carboxylic acids is 1. The fraction of sp³-hybridized carbons (Fsp3) is 0.538. The topological polar surface area (TPSA) is 101 Å². The third kappa shape index (κ3) is 2.80. The summed E-state index contributed by atoms with van der Waals surface area (Å²) in [6.07, 6.45) is 0. The number of hydrogen-bond donors (Lipinski definition) is 1. The smallest absolute Gasteiger partial charge is 0.357 e.